The minimum atomic E-state index is -0.905. The first-order valence-electron chi connectivity index (χ1n) is 6.38. The Kier molecular flexibility index (Phi) is 4.18. The summed E-state index contributed by atoms with van der Waals surface area (Å²) >= 11 is 0. The van der Waals surface area contributed by atoms with Crippen LogP contribution in [-0.2, 0) is 9.59 Å². The van der Waals surface area contributed by atoms with Gasteiger partial charge in [0.1, 0.15) is 0 Å². The van der Waals surface area contributed by atoms with Gasteiger partial charge in [0.05, 0.1) is 22.5 Å². The zero-order valence-corrected chi connectivity index (χ0v) is 11.6. The zero-order chi connectivity index (χ0) is 16.3. The van der Waals surface area contributed by atoms with Gasteiger partial charge in [0.2, 0.25) is 11.8 Å². The van der Waals surface area contributed by atoms with Gasteiger partial charge >= 0.3 is 0 Å². The number of rotatable bonds is 3. The summed E-state index contributed by atoms with van der Waals surface area (Å²) in [7, 11) is 0. The molecular formula is C14H12N4O4. The maximum absolute atomic E-state index is 12.3. The number of non-ortho nitro benzene ring substituents is 1. The molecular weight excluding hydrogens is 288 g/mol. The number of carbonyl (C=O) groups excluding carboxylic acids is 2. The topological polar surface area (TPSA) is 125 Å². The van der Waals surface area contributed by atoms with Gasteiger partial charge in [-0.3, -0.25) is 19.7 Å². The third-order valence-corrected chi connectivity index (χ3v) is 3.23. The van der Waals surface area contributed by atoms with Crippen molar-refractivity contribution in [2.24, 2.45) is 5.92 Å². The molecule has 0 saturated heterocycles. The Balaban J connectivity index is 2.23. The number of nitriles is 1. The number of nitrogens with one attached hydrogen (secondary N) is 2. The fourth-order valence-corrected chi connectivity index (χ4v) is 2.19. The van der Waals surface area contributed by atoms with Crippen LogP contribution >= 0.6 is 0 Å². The Bertz CT molecular complexity index is 733. The standard InChI is InChI=1S/C14H12N4O4/c1-8-12(7-15)11(6-13(19)16-8)14(20)17-9-3-2-4-10(5-9)18(21)22/h2-5,11H,6H2,1H3,(H,16,19)(H,17,20)/t11-/m0/s1. The van der Waals surface area contributed by atoms with E-state index >= 15 is 0 Å². The normalized spacial score (nSPS) is 17.5. The molecule has 112 valence electrons. The van der Waals surface area contributed by atoms with Crippen molar-refractivity contribution in [3.8, 4) is 6.07 Å². The number of nitro groups is 1. The summed E-state index contributed by atoms with van der Waals surface area (Å²) in [5.74, 6) is -1.81. The van der Waals surface area contributed by atoms with Crippen molar-refractivity contribution >= 4 is 23.2 Å². The number of nitrogens with zero attached hydrogens (tertiary/aromatic N) is 2. The highest BCUT2D eigenvalue weighted by Gasteiger charge is 2.31. The molecule has 0 aromatic heterocycles. The highest BCUT2D eigenvalue weighted by molar-refractivity contribution is 5.99. The number of carbonyl (C=O) groups is 2. The minimum Gasteiger partial charge on any atom is -0.329 e. The van der Waals surface area contributed by atoms with E-state index in [0.29, 0.717) is 5.70 Å². The first kappa shape index (κ1) is 15.2. The molecule has 1 aliphatic rings. The molecule has 0 saturated carbocycles. The zero-order valence-electron chi connectivity index (χ0n) is 11.6. The van der Waals surface area contributed by atoms with Crippen LogP contribution in [0.3, 0.4) is 0 Å². The second-order valence-corrected chi connectivity index (χ2v) is 4.75. The summed E-state index contributed by atoms with van der Waals surface area (Å²) in [6.07, 6.45) is -0.138. The van der Waals surface area contributed by atoms with Gasteiger partial charge in [-0.05, 0) is 13.0 Å². The molecule has 1 aromatic carbocycles. The van der Waals surface area contributed by atoms with Crippen molar-refractivity contribution < 1.29 is 14.5 Å². The van der Waals surface area contributed by atoms with Gasteiger partial charge < -0.3 is 10.6 Å². The lowest BCUT2D eigenvalue weighted by Gasteiger charge is -2.22. The lowest BCUT2D eigenvalue weighted by Crippen LogP contribution is -2.37. The number of nitro benzene ring substituents is 1. The largest absolute Gasteiger partial charge is 0.329 e. The van der Waals surface area contributed by atoms with Gasteiger partial charge in [0.25, 0.3) is 5.69 Å². The van der Waals surface area contributed by atoms with Crippen LogP contribution in [0.2, 0.25) is 0 Å². The fourth-order valence-electron chi connectivity index (χ4n) is 2.19. The monoisotopic (exact) mass is 300 g/mol. The summed E-state index contributed by atoms with van der Waals surface area (Å²) in [6, 6.07) is 7.36. The van der Waals surface area contributed by atoms with Gasteiger partial charge in [0.15, 0.2) is 0 Å². The number of anilines is 1. The molecule has 0 aliphatic carbocycles. The van der Waals surface area contributed by atoms with Crippen molar-refractivity contribution in [3.05, 3.63) is 45.6 Å². The molecule has 0 fully saturated rings. The molecule has 2 N–H and O–H groups in total. The lowest BCUT2D eigenvalue weighted by atomic mass is 9.90. The molecule has 8 heteroatoms. The molecule has 1 heterocycles. The van der Waals surface area contributed by atoms with E-state index in [1.54, 1.807) is 6.92 Å². The molecule has 1 aromatic rings. The van der Waals surface area contributed by atoms with Crippen LogP contribution in [0.4, 0.5) is 11.4 Å². The third-order valence-electron chi connectivity index (χ3n) is 3.23. The third kappa shape index (κ3) is 3.09. The quantitative estimate of drug-likeness (QED) is 0.645. The average molecular weight is 300 g/mol. The Labute approximate surface area is 125 Å². The first-order valence-corrected chi connectivity index (χ1v) is 6.38. The van der Waals surface area contributed by atoms with Crippen molar-refractivity contribution in [1.29, 1.82) is 5.26 Å². The van der Waals surface area contributed by atoms with E-state index in [2.05, 4.69) is 10.6 Å². The molecule has 2 amide bonds. The summed E-state index contributed by atoms with van der Waals surface area (Å²) in [6.45, 7) is 1.54. The molecule has 22 heavy (non-hydrogen) atoms. The predicted octanol–water partition coefficient (Wildman–Crippen LogP) is 1.47. The van der Waals surface area contributed by atoms with Gasteiger partial charge in [-0.1, -0.05) is 6.07 Å². The number of hydrogen-bond acceptors (Lipinski definition) is 5. The van der Waals surface area contributed by atoms with Crippen LogP contribution < -0.4 is 10.6 Å². The Morgan fingerprint density at radius 1 is 1.55 bits per heavy atom. The van der Waals surface area contributed by atoms with E-state index in [1.807, 2.05) is 6.07 Å². The molecule has 2 rings (SSSR count). The van der Waals surface area contributed by atoms with E-state index in [-0.39, 0.29) is 29.3 Å². The van der Waals surface area contributed by atoms with E-state index in [9.17, 15) is 19.7 Å². The number of allylic oxidation sites excluding steroid dienone is 1. The van der Waals surface area contributed by atoms with Crippen molar-refractivity contribution in [3.63, 3.8) is 0 Å². The summed E-state index contributed by atoms with van der Waals surface area (Å²) in [5.41, 5.74) is 0.604. The highest BCUT2D eigenvalue weighted by atomic mass is 16.6. The van der Waals surface area contributed by atoms with Crippen LogP contribution in [0.1, 0.15) is 13.3 Å². The van der Waals surface area contributed by atoms with Crippen LogP contribution in [0.15, 0.2) is 35.5 Å². The van der Waals surface area contributed by atoms with Gasteiger partial charge in [-0.25, -0.2) is 0 Å². The van der Waals surface area contributed by atoms with Crippen molar-refractivity contribution in [2.45, 2.75) is 13.3 Å². The Hall–Kier alpha value is -3.21. The van der Waals surface area contributed by atoms with E-state index in [1.165, 1.54) is 24.3 Å². The first-order chi connectivity index (χ1) is 10.4. The smallest absolute Gasteiger partial charge is 0.271 e. The molecule has 0 bridgehead atoms. The molecule has 0 radical (unpaired) electrons. The van der Waals surface area contributed by atoms with Crippen molar-refractivity contribution in [2.75, 3.05) is 5.32 Å². The second kappa shape index (κ2) is 6.05. The van der Waals surface area contributed by atoms with Crippen molar-refractivity contribution in [1.82, 2.24) is 5.32 Å². The summed E-state index contributed by atoms with van der Waals surface area (Å²) in [5, 5.41) is 24.8. The van der Waals surface area contributed by atoms with Crippen LogP contribution in [0, 0.1) is 27.4 Å². The van der Waals surface area contributed by atoms with Gasteiger partial charge in [-0.2, -0.15) is 5.26 Å². The van der Waals surface area contributed by atoms with E-state index in [4.69, 9.17) is 5.26 Å². The molecule has 0 spiro atoms. The summed E-state index contributed by atoms with van der Waals surface area (Å²) in [4.78, 5) is 33.9. The second-order valence-electron chi connectivity index (χ2n) is 4.75. The molecule has 8 nitrogen and oxygen atoms in total. The van der Waals surface area contributed by atoms with E-state index in [0.717, 1.165) is 0 Å². The number of amides is 2. The summed E-state index contributed by atoms with van der Waals surface area (Å²) < 4.78 is 0. The predicted molar refractivity (Wildman–Crippen MR) is 76.3 cm³/mol. The molecule has 1 atom stereocenters. The van der Waals surface area contributed by atoms with Crippen LogP contribution in [-0.4, -0.2) is 16.7 Å². The van der Waals surface area contributed by atoms with Gasteiger partial charge in [-0.15, -0.1) is 0 Å². The fraction of sp³-hybridized carbons (Fsp3) is 0.214. The lowest BCUT2D eigenvalue weighted by molar-refractivity contribution is -0.384. The number of benzene rings is 1. The average Bonchev–Trinajstić information content (AvgIpc) is 2.46. The minimum absolute atomic E-state index is 0.138. The van der Waals surface area contributed by atoms with Gasteiger partial charge in [0, 0.05) is 29.9 Å². The molecule has 1 aliphatic heterocycles. The van der Waals surface area contributed by atoms with E-state index < -0.39 is 16.7 Å². The highest BCUT2D eigenvalue weighted by Crippen LogP contribution is 2.25. The van der Waals surface area contributed by atoms with Crippen LogP contribution in [0.25, 0.3) is 0 Å². The maximum Gasteiger partial charge on any atom is 0.271 e. The Morgan fingerprint density at radius 2 is 2.27 bits per heavy atom. The Morgan fingerprint density at radius 3 is 2.91 bits per heavy atom. The maximum atomic E-state index is 12.3. The van der Waals surface area contributed by atoms with Crippen LogP contribution in [0.5, 0.6) is 0 Å². The molecule has 0 unspecified atom stereocenters. The SMILES string of the molecule is CC1=C(C#N)[C@@H](C(=O)Nc2cccc([N+](=O)[O-])c2)CC(=O)N1. The number of hydrogen-bond donors (Lipinski definition) is 2.